The van der Waals surface area contributed by atoms with Crippen molar-refractivity contribution in [3.05, 3.63) is 0 Å². The van der Waals surface area contributed by atoms with Crippen LogP contribution in [0.5, 0.6) is 0 Å². The second kappa shape index (κ2) is 3.50. The van der Waals surface area contributed by atoms with E-state index >= 15 is 0 Å². The van der Waals surface area contributed by atoms with Crippen molar-refractivity contribution >= 4 is 5.78 Å². The molecule has 2 heteroatoms. The zero-order valence-electron chi connectivity index (χ0n) is 13.1. The third-order valence-electron chi connectivity index (χ3n) is 10.3. The number of hydrogen-bond acceptors (Lipinski definition) is 2. The summed E-state index contributed by atoms with van der Waals surface area (Å²) in [5.41, 5.74) is 0. The molecule has 0 amide bonds. The van der Waals surface area contributed by atoms with E-state index in [0.29, 0.717) is 24.4 Å². The summed E-state index contributed by atoms with van der Waals surface area (Å²) in [5.74, 6) is 10.4. The van der Waals surface area contributed by atoms with Crippen LogP contribution < -0.4 is 0 Å². The molecule has 13 atom stereocenters. The first-order valence-electron chi connectivity index (χ1n) is 9.97. The Hall–Kier alpha value is -0.370. The molecule has 0 aromatic carbocycles. The smallest absolute Gasteiger partial charge is 0.139 e. The van der Waals surface area contributed by atoms with Crippen molar-refractivity contribution in [3.8, 4) is 0 Å². The highest BCUT2D eigenvalue weighted by atomic mass is 16.3. The van der Waals surface area contributed by atoms with Gasteiger partial charge in [-0.2, -0.15) is 0 Å². The molecule has 0 aliphatic heterocycles. The average molecular weight is 298 g/mol. The Morgan fingerprint density at radius 2 is 1.50 bits per heavy atom. The Morgan fingerprint density at radius 3 is 2.32 bits per heavy atom. The van der Waals surface area contributed by atoms with E-state index in [1.54, 1.807) is 0 Å². The van der Waals surface area contributed by atoms with Gasteiger partial charge in [0.05, 0.1) is 0 Å². The van der Waals surface area contributed by atoms with Crippen LogP contribution in [0.25, 0.3) is 0 Å². The zero-order valence-corrected chi connectivity index (χ0v) is 13.1. The molecule has 0 bridgehead atoms. The molecule has 12 unspecified atom stereocenters. The first kappa shape index (κ1) is 12.1. The Balaban J connectivity index is 1.47. The van der Waals surface area contributed by atoms with Gasteiger partial charge in [-0.15, -0.1) is 0 Å². The molecule has 118 valence electrons. The molecule has 7 saturated carbocycles. The highest BCUT2D eigenvalue weighted by Gasteiger charge is 2.80. The molecular weight excluding hydrogens is 272 g/mol. The van der Waals surface area contributed by atoms with E-state index in [0.717, 1.165) is 65.0 Å². The van der Waals surface area contributed by atoms with E-state index in [9.17, 15) is 9.90 Å². The molecule has 0 aromatic rings. The number of carbonyl (C=O) groups excluding carboxylic acids is 1. The lowest BCUT2D eigenvalue weighted by atomic mass is 9.75. The fourth-order valence-electron chi connectivity index (χ4n) is 10.6. The van der Waals surface area contributed by atoms with E-state index in [2.05, 4.69) is 0 Å². The second-order valence-corrected chi connectivity index (χ2v) is 9.92. The first-order chi connectivity index (χ1) is 10.8. The van der Waals surface area contributed by atoms with Crippen LogP contribution in [-0.2, 0) is 4.79 Å². The van der Waals surface area contributed by atoms with Crippen LogP contribution in [0.15, 0.2) is 0 Å². The minimum Gasteiger partial charge on any atom is -0.396 e. The van der Waals surface area contributed by atoms with Crippen LogP contribution in [-0.4, -0.2) is 17.5 Å². The summed E-state index contributed by atoms with van der Waals surface area (Å²) in [6.45, 7) is 0.442. The molecule has 7 fully saturated rings. The maximum Gasteiger partial charge on any atom is 0.139 e. The summed E-state index contributed by atoms with van der Waals surface area (Å²) in [5, 5.41) is 10.3. The average Bonchev–Trinajstić information content (AvgIpc) is 3.26. The predicted octanol–water partition coefficient (Wildman–Crippen LogP) is 2.60. The molecule has 2 nitrogen and oxygen atoms in total. The Kier molecular flexibility index (Phi) is 1.92. The minimum absolute atomic E-state index is 0.442. The SMILES string of the molecule is O=C1C2CCC3C2C2C1C1C4CCCC4C4C1C2C3[C@@H]4CO. The molecule has 0 saturated heterocycles. The zero-order chi connectivity index (χ0) is 14.3. The second-order valence-electron chi connectivity index (χ2n) is 9.92. The van der Waals surface area contributed by atoms with Gasteiger partial charge in [0.2, 0.25) is 0 Å². The third-order valence-corrected chi connectivity index (χ3v) is 10.3. The van der Waals surface area contributed by atoms with Gasteiger partial charge in [-0.3, -0.25) is 4.79 Å². The van der Waals surface area contributed by atoms with Gasteiger partial charge in [0.1, 0.15) is 5.78 Å². The van der Waals surface area contributed by atoms with Gasteiger partial charge in [0.15, 0.2) is 0 Å². The molecule has 0 spiro atoms. The fraction of sp³-hybridized carbons (Fsp3) is 0.950. The third kappa shape index (κ3) is 0.951. The van der Waals surface area contributed by atoms with Gasteiger partial charge in [-0.25, -0.2) is 0 Å². The van der Waals surface area contributed by atoms with Gasteiger partial charge in [0, 0.05) is 18.4 Å². The largest absolute Gasteiger partial charge is 0.396 e. The Morgan fingerprint density at radius 1 is 0.773 bits per heavy atom. The first-order valence-corrected chi connectivity index (χ1v) is 9.97. The maximum atomic E-state index is 13.2. The monoisotopic (exact) mass is 298 g/mol. The summed E-state index contributed by atoms with van der Waals surface area (Å²) < 4.78 is 0. The molecule has 0 radical (unpaired) electrons. The molecule has 7 aliphatic carbocycles. The number of ketones is 1. The molecule has 0 aromatic heterocycles. The lowest BCUT2D eigenvalue weighted by Gasteiger charge is -2.31. The number of aliphatic hydroxyl groups excluding tert-OH is 1. The molecule has 7 rings (SSSR count). The molecule has 7 aliphatic rings. The number of aliphatic hydroxyl groups is 1. The highest BCUT2D eigenvalue weighted by molar-refractivity contribution is 5.88. The molecule has 0 heterocycles. The Bertz CT molecular complexity index is 578. The van der Waals surface area contributed by atoms with Crippen molar-refractivity contribution in [1.82, 2.24) is 0 Å². The van der Waals surface area contributed by atoms with E-state index in [-0.39, 0.29) is 0 Å². The number of rotatable bonds is 1. The Labute approximate surface area is 132 Å². The van der Waals surface area contributed by atoms with Crippen molar-refractivity contribution in [1.29, 1.82) is 0 Å². The summed E-state index contributed by atoms with van der Waals surface area (Å²) in [6.07, 6.45) is 6.69. The lowest BCUT2D eigenvalue weighted by molar-refractivity contribution is -0.126. The highest BCUT2D eigenvalue weighted by Crippen LogP contribution is 2.82. The quantitative estimate of drug-likeness (QED) is 0.808. The summed E-state index contributed by atoms with van der Waals surface area (Å²) in [7, 11) is 0. The van der Waals surface area contributed by atoms with Crippen LogP contribution >= 0.6 is 0 Å². The van der Waals surface area contributed by atoms with Crippen LogP contribution in [0.1, 0.15) is 32.1 Å². The van der Waals surface area contributed by atoms with E-state index in [4.69, 9.17) is 0 Å². The van der Waals surface area contributed by atoms with Crippen LogP contribution in [0.3, 0.4) is 0 Å². The number of carbonyl (C=O) groups is 1. The number of Topliss-reactive ketones (excluding diaryl/α,β-unsaturated/α-hetero) is 1. The lowest BCUT2D eigenvalue weighted by Crippen LogP contribution is -2.29. The normalized spacial score (nSPS) is 71.7. The maximum absolute atomic E-state index is 13.2. The fourth-order valence-corrected chi connectivity index (χ4v) is 10.6. The minimum atomic E-state index is 0.442. The summed E-state index contributed by atoms with van der Waals surface area (Å²) in [4.78, 5) is 13.2. The topological polar surface area (TPSA) is 37.3 Å². The van der Waals surface area contributed by atoms with Crippen LogP contribution in [0.2, 0.25) is 0 Å². The molecular formula is C20H26O2. The standard InChI is InChI=1S/C20H26O2/c21-6-11-12-7-2-1-3-8(7)15-16(12)17-14(11)9-4-5-10-13(9)18(17)19(15)20(10)22/h7-19,21H,1-6H2/t7?,8?,9?,10?,11-,12?,13?,14?,15?,16?,17?,18?,19?/m1/s1. The van der Waals surface area contributed by atoms with E-state index in [1.165, 1.54) is 32.1 Å². The van der Waals surface area contributed by atoms with E-state index < -0.39 is 0 Å². The van der Waals surface area contributed by atoms with Gasteiger partial charge in [0.25, 0.3) is 0 Å². The molecule has 1 N–H and O–H groups in total. The number of hydrogen-bond donors (Lipinski definition) is 1. The van der Waals surface area contributed by atoms with Crippen molar-refractivity contribution in [2.75, 3.05) is 6.61 Å². The van der Waals surface area contributed by atoms with Crippen molar-refractivity contribution in [3.63, 3.8) is 0 Å². The van der Waals surface area contributed by atoms with Gasteiger partial charge < -0.3 is 5.11 Å². The number of fused-ring (bicyclic) bond motifs is 5. The van der Waals surface area contributed by atoms with Crippen molar-refractivity contribution < 1.29 is 9.90 Å². The predicted molar refractivity (Wildman–Crippen MR) is 80.5 cm³/mol. The van der Waals surface area contributed by atoms with Gasteiger partial charge >= 0.3 is 0 Å². The summed E-state index contributed by atoms with van der Waals surface area (Å²) >= 11 is 0. The van der Waals surface area contributed by atoms with Gasteiger partial charge in [-0.05, 0) is 90.8 Å². The van der Waals surface area contributed by atoms with Gasteiger partial charge in [-0.1, -0.05) is 6.42 Å². The molecule has 22 heavy (non-hydrogen) atoms. The van der Waals surface area contributed by atoms with Crippen LogP contribution in [0.4, 0.5) is 0 Å². The van der Waals surface area contributed by atoms with Crippen molar-refractivity contribution in [2.45, 2.75) is 32.1 Å². The van der Waals surface area contributed by atoms with Crippen LogP contribution in [0, 0.1) is 76.9 Å². The summed E-state index contributed by atoms with van der Waals surface area (Å²) in [6, 6.07) is 0. The van der Waals surface area contributed by atoms with E-state index in [1.807, 2.05) is 0 Å². The van der Waals surface area contributed by atoms with Crippen molar-refractivity contribution in [2.24, 2.45) is 76.9 Å².